The maximum Gasteiger partial charge on any atom is 0.0603 e. The highest BCUT2D eigenvalue weighted by Gasteiger charge is 2.23. The molecule has 0 aromatic carbocycles. The van der Waals surface area contributed by atoms with Crippen LogP contribution in [0.5, 0.6) is 0 Å². The second-order valence-corrected chi connectivity index (χ2v) is 4.34. The van der Waals surface area contributed by atoms with Gasteiger partial charge in [-0.3, -0.25) is 0 Å². The molecule has 0 aromatic heterocycles. The first-order chi connectivity index (χ1) is 5.88. The zero-order valence-electron chi connectivity index (χ0n) is 7.89. The molecule has 0 spiro atoms. The quantitative estimate of drug-likeness (QED) is 0.679. The summed E-state index contributed by atoms with van der Waals surface area (Å²) in [5.41, 5.74) is 0. The first-order valence-corrected chi connectivity index (χ1v) is 6.18. The molecule has 2 atom stereocenters. The van der Waals surface area contributed by atoms with E-state index in [4.69, 9.17) is 4.74 Å². The molecule has 1 aliphatic rings. The van der Waals surface area contributed by atoms with Gasteiger partial charge in [-0.1, -0.05) is 42.1 Å². The molecule has 2 heteroatoms. The van der Waals surface area contributed by atoms with Gasteiger partial charge in [0, 0.05) is 5.33 Å². The Bertz CT molecular complexity index is 116. The number of alkyl halides is 1. The fraction of sp³-hybridized carbons (Fsp3) is 1.00. The van der Waals surface area contributed by atoms with Gasteiger partial charge in [0.2, 0.25) is 0 Å². The van der Waals surface area contributed by atoms with Crippen molar-refractivity contribution in [2.75, 3.05) is 11.9 Å². The summed E-state index contributed by atoms with van der Waals surface area (Å²) in [6.07, 6.45) is 7.28. The van der Waals surface area contributed by atoms with Gasteiger partial charge >= 0.3 is 0 Å². The molecule has 1 nitrogen and oxygen atoms in total. The second-order valence-electron chi connectivity index (χ2n) is 3.55. The van der Waals surface area contributed by atoms with E-state index in [1.807, 2.05) is 0 Å². The molecule has 1 saturated carbocycles. The first kappa shape index (κ1) is 10.5. The van der Waals surface area contributed by atoms with E-state index in [1.165, 1.54) is 32.1 Å². The van der Waals surface area contributed by atoms with Crippen LogP contribution in [0.2, 0.25) is 0 Å². The standard InChI is InChI=1S/C10H19BrO/c1-2-9-5-3-4-6-10(9)12-8-7-11/h9-10H,2-8H2,1H3. The van der Waals surface area contributed by atoms with Crippen LogP contribution in [0.15, 0.2) is 0 Å². The van der Waals surface area contributed by atoms with Crippen LogP contribution in [0, 0.1) is 5.92 Å². The molecule has 0 saturated heterocycles. The highest BCUT2D eigenvalue weighted by Crippen LogP contribution is 2.28. The highest BCUT2D eigenvalue weighted by atomic mass is 79.9. The molecule has 0 amide bonds. The summed E-state index contributed by atoms with van der Waals surface area (Å²) in [5, 5.41) is 0.972. The van der Waals surface area contributed by atoms with Crippen molar-refractivity contribution in [3.63, 3.8) is 0 Å². The summed E-state index contributed by atoms with van der Waals surface area (Å²) in [6, 6.07) is 0. The molecule has 0 aromatic rings. The number of hydrogen-bond donors (Lipinski definition) is 0. The molecule has 0 bridgehead atoms. The van der Waals surface area contributed by atoms with Crippen LogP contribution in [0.3, 0.4) is 0 Å². The smallest absolute Gasteiger partial charge is 0.0603 e. The zero-order chi connectivity index (χ0) is 8.81. The van der Waals surface area contributed by atoms with Crippen LogP contribution in [-0.2, 0) is 4.74 Å². The maximum atomic E-state index is 5.79. The Balaban J connectivity index is 2.26. The average Bonchev–Trinajstić information content (AvgIpc) is 2.15. The average molecular weight is 235 g/mol. The Hall–Kier alpha value is 0.440. The van der Waals surface area contributed by atoms with Crippen LogP contribution < -0.4 is 0 Å². The zero-order valence-corrected chi connectivity index (χ0v) is 9.48. The van der Waals surface area contributed by atoms with Gasteiger partial charge in [-0.15, -0.1) is 0 Å². The topological polar surface area (TPSA) is 9.23 Å². The van der Waals surface area contributed by atoms with E-state index in [-0.39, 0.29) is 0 Å². The maximum absolute atomic E-state index is 5.79. The van der Waals surface area contributed by atoms with Crippen molar-refractivity contribution < 1.29 is 4.74 Å². The second kappa shape index (κ2) is 5.98. The van der Waals surface area contributed by atoms with Gasteiger partial charge in [-0.2, -0.15) is 0 Å². The highest BCUT2D eigenvalue weighted by molar-refractivity contribution is 9.09. The van der Waals surface area contributed by atoms with Gasteiger partial charge in [-0.05, 0) is 18.8 Å². The molecular weight excluding hydrogens is 216 g/mol. The Kier molecular flexibility index (Phi) is 5.24. The SMILES string of the molecule is CCC1CCCCC1OCCBr. The van der Waals surface area contributed by atoms with Gasteiger partial charge in [-0.25, -0.2) is 0 Å². The normalized spacial score (nSPS) is 30.5. The van der Waals surface area contributed by atoms with Crippen molar-refractivity contribution in [2.45, 2.75) is 45.1 Å². The minimum Gasteiger partial charge on any atom is -0.377 e. The fourth-order valence-electron chi connectivity index (χ4n) is 2.06. The van der Waals surface area contributed by atoms with Crippen molar-refractivity contribution in [1.82, 2.24) is 0 Å². The van der Waals surface area contributed by atoms with Crippen LogP contribution in [0.25, 0.3) is 0 Å². The molecule has 0 N–H and O–H groups in total. The number of hydrogen-bond acceptors (Lipinski definition) is 1. The molecule has 0 radical (unpaired) electrons. The lowest BCUT2D eigenvalue weighted by molar-refractivity contribution is -0.00363. The third-order valence-corrected chi connectivity index (χ3v) is 3.10. The van der Waals surface area contributed by atoms with Gasteiger partial charge < -0.3 is 4.74 Å². The van der Waals surface area contributed by atoms with E-state index >= 15 is 0 Å². The Morgan fingerprint density at radius 3 is 2.75 bits per heavy atom. The van der Waals surface area contributed by atoms with Crippen molar-refractivity contribution in [1.29, 1.82) is 0 Å². The molecule has 12 heavy (non-hydrogen) atoms. The third kappa shape index (κ3) is 3.06. The summed E-state index contributed by atoms with van der Waals surface area (Å²) in [5.74, 6) is 0.831. The van der Waals surface area contributed by atoms with E-state index in [1.54, 1.807) is 0 Å². The van der Waals surface area contributed by atoms with Gasteiger partial charge in [0.05, 0.1) is 12.7 Å². The minimum atomic E-state index is 0.557. The molecule has 1 rings (SSSR count). The predicted octanol–water partition coefficient (Wildman–Crippen LogP) is 3.37. The van der Waals surface area contributed by atoms with E-state index in [0.717, 1.165) is 17.9 Å². The van der Waals surface area contributed by atoms with Crippen molar-refractivity contribution >= 4 is 15.9 Å². The van der Waals surface area contributed by atoms with Crippen LogP contribution >= 0.6 is 15.9 Å². The van der Waals surface area contributed by atoms with Gasteiger partial charge in [0.15, 0.2) is 0 Å². The van der Waals surface area contributed by atoms with Crippen molar-refractivity contribution in [2.24, 2.45) is 5.92 Å². The molecule has 0 aliphatic heterocycles. The molecule has 0 heterocycles. The summed E-state index contributed by atoms with van der Waals surface area (Å²) in [4.78, 5) is 0. The fourth-order valence-corrected chi connectivity index (χ4v) is 2.24. The molecule has 2 unspecified atom stereocenters. The van der Waals surface area contributed by atoms with E-state index < -0.39 is 0 Å². The summed E-state index contributed by atoms with van der Waals surface area (Å²) in [6.45, 7) is 3.15. The lowest BCUT2D eigenvalue weighted by atomic mass is 9.85. The summed E-state index contributed by atoms with van der Waals surface area (Å²) >= 11 is 3.39. The Labute approximate surface area is 84.0 Å². The first-order valence-electron chi connectivity index (χ1n) is 5.06. The van der Waals surface area contributed by atoms with Crippen molar-refractivity contribution in [3.05, 3.63) is 0 Å². The molecular formula is C10H19BrO. The molecule has 72 valence electrons. The summed E-state index contributed by atoms with van der Waals surface area (Å²) < 4.78 is 5.79. The third-order valence-electron chi connectivity index (χ3n) is 2.77. The van der Waals surface area contributed by atoms with E-state index in [0.29, 0.717) is 6.10 Å². The summed E-state index contributed by atoms with van der Waals surface area (Å²) in [7, 11) is 0. The lowest BCUT2D eigenvalue weighted by Gasteiger charge is -2.30. The predicted molar refractivity (Wildman–Crippen MR) is 55.8 cm³/mol. The monoisotopic (exact) mass is 234 g/mol. The van der Waals surface area contributed by atoms with E-state index in [2.05, 4.69) is 22.9 Å². The largest absolute Gasteiger partial charge is 0.377 e. The van der Waals surface area contributed by atoms with Gasteiger partial charge in [0.1, 0.15) is 0 Å². The Morgan fingerprint density at radius 2 is 2.08 bits per heavy atom. The number of ether oxygens (including phenoxy) is 1. The van der Waals surface area contributed by atoms with Crippen LogP contribution in [0.1, 0.15) is 39.0 Å². The number of halogens is 1. The lowest BCUT2D eigenvalue weighted by Crippen LogP contribution is -2.27. The van der Waals surface area contributed by atoms with Crippen LogP contribution in [-0.4, -0.2) is 18.0 Å². The van der Waals surface area contributed by atoms with Crippen molar-refractivity contribution in [3.8, 4) is 0 Å². The van der Waals surface area contributed by atoms with Crippen LogP contribution in [0.4, 0.5) is 0 Å². The Morgan fingerprint density at radius 1 is 1.33 bits per heavy atom. The van der Waals surface area contributed by atoms with E-state index in [9.17, 15) is 0 Å². The molecule has 1 fully saturated rings. The molecule has 1 aliphatic carbocycles. The number of rotatable bonds is 4. The van der Waals surface area contributed by atoms with Gasteiger partial charge in [0.25, 0.3) is 0 Å². The minimum absolute atomic E-state index is 0.557.